The molecule has 1 N–H and O–H groups in total. The molecule has 0 aromatic heterocycles. The van der Waals surface area contributed by atoms with Crippen molar-refractivity contribution in [3.8, 4) is 0 Å². The Balaban J connectivity index is 1.81. The van der Waals surface area contributed by atoms with Crippen molar-refractivity contribution in [3.63, 3.8) is 0 Å². The first kappa shape index (κ1) is 19.9. The molecule has 9 heteroatoms. The zero-order chi connectivity index (χ0) is 21.4. The van der Waals surface area contributed by atoms with E-state index in [9.17, 15) is 24.8 Å². The minimum atomic E-state index is -1.26. The van der Waals surface area contributed by atoms with Gasteiger partial charge in [0.15, 0.2) is 0 Å². The number of allylic oxidation sites excluding steroid dienone is 2. The minimum Gasteiger partial charge on any atom is -0.480 e. The zero-order valence-corrected chi connectivity index (χ0v) is 16.4. The van der Waals surface area contributed by atoms with Crippen LogP contribution >= 0.6 is 11.6 Å². The molecule has 1 aliphatic heterocycles. The van der Waals surface area contributed by atoms with E-state index in [2.05, 4.69) is 0 Å². The number of amides is 1. The molecule has 1 amide bonds. The summed E-state index contributed by atoms with van der Waals surface area (Å²) < 4.78 is 5.38. The summed E-state index contributed by atoms with van der Waals surface area (Å²) in [5, 5.41) is 21.6. The summed E-state index contributed by atoms with van der Waals surface area (Å²) in [5.74, 6) is -2.31. The fraction of sp³-hybridized carbons (Fsp3) is 0.238. The lowest BCUT2D eigenvalue weighted by Crippen LogP contribution is -2.53. The van der Waals surface area contributed by atoms with Gasteiger partial charge < -0.3 is 9.84 Å². The number of ether oxygens (including phenoxy) is 1. The molecule has 3 atom stereocenters. The highest BCUT2D eigenvalue weighted by molar-refractivity contribution is 6.34. The van der Waals surface area contributed by atoms with Crippen molar-refractivity contribution in [1.82, 2.24) is 0 Å². The van der Waals surface area contributed by atoms with Crippen molar-refractivity contribution in [2.75, 3.05) is 4.90 Å². The maximum absolute atomic E-state index is 13.1. The second kappa shape index (κ2) is 7.79. The largest absolute Gasteiger partial charge is 0.480 e. The maximum atomic E-state index is 13.1. The minimum absolute atomic E-state index is 0.0177. The lowest BCUT2D eigenvalue weighted by atomic mass is 9.77. The molecule has 0 unspecified atom stereocenters. The Morgan fingerprint density at radius 2 is 1.97 bits per heavy atom. The predicted molar refractivity (Wildman–Crippen MR) is 109 cm³/mol. The van der Waals surface area contributed by atoms with Gasteiger partial charge in [0, 0.05) is 17.9 Å². The van der Waals surface area contributed by atoms with Crippen LogP contribution in [0, 0.1) is 16.0 Å². The number of carbonyl (C=O) groups is 2. The van der Waals surface area contributed by atoms with Crippen LogP contribution in [0.4, 0.5) is 16.2 Å². The first-order chi connectivity index (χ1) is 14.4. The standard InChI is InChI=1S/C21H17ClN2O6/c22-15-9-10-16(24(28)29)17-13-7-4-8-14(13)18(20(25)26)23(19(15)17)21(27)30-11-12-5-2-1-3-6-12/h1-7,9-10,13-14,18H,8,11H2,(H,25,26)/t13-,14+,18-/m0/s1. The van der Waals surface area contributed by atoms with Crippen LogP contribution in [0.25, 0.3) is 0 Å². The maximum Gasteiger partial charge on any atom is 0.415 e. The second-order valence-corrected chi connectivity index (χ2v) is 7.54. The van der Waals surface area contributed by atoms with Gasteiger partial charge in [-0.1, -0.05) is 54.1 Å². The highest BCUT2D eigenvalue weighted by Gasteiger charge is 2.51. The Labute approximate surface area is 176 Å². The smallest absolute Gasteiger partial charge is 0.415 e. The lowest BCUT2D eigenvalue weighted by Gasteiger charge is -2.41. The Hall–Kier alpha value is -3.39. The molecule has 0 saturated heterocycles. The van der Waals surface area contributed by atoms with Gasteiger partial charge in [0.2, 0.25) is 0 Å². The number of anilines is 1. The molecule has 2 aromatic rings. The van der Waals surface area contributed by atoms with Crippen LogP contribution in [0.2, 0.25) is 5.02 Å². The zero-order valence-electron chi connectivity index (χ0n) is 15.6. The van der Waals surface area contributed by atoms with Crippen molar-refractivity contribution >= 4 is 35.0 Å². The summed E-state index contributed by atoms with van der Waals surface area (Å²) in [6.07, 6.45) is 2.97. The van der Waals surface area contributed by atoms with Crippen molar-refractivity contribution in [1.29, 1.82) is 0 Å². The fourth-order valence-corrected chi connectivity index (χ4v) is 4.48. The Morgan fingerprint density at radius 3 is 2.63 bits per heavy atom. The van der Waals surface area contributed by atoms with E-state index >= 15 is 0 Å². The number of hydrogen-bond donors (Lipinski definition) is 1. The molecule has 0 saturated carbocycles. The van der Waals surface area contributed by atoms with E-state index in [1.165, 1.54) is 12.1 Å². The molecule has 2 aliphatic rings. The van der Waals surface area contributed by atoms with E-state index in [0.29, 0.717) is 6.42 Å². The normalized spacial score (nSPS) is 21.6. The third-order valence-corrected chi connectivity index (χ3v) is 5.77. The number of carboxylic acids is 1. The summed E-state index contributed by atoms with van der Waals surface area (Å²) in [7, 11) is 0. The van der Waals surface area contributed by atoms with Gasteiger partial charge in [0.05, 0.1) is 21.2 Å². The second-order valence-electron chi connectivity index (χ2n) is 7.13. The molecule has 0 fully saturated rings. The molecular formula is C21H17ClN2O6. The number of carbonyl (C=O) groups excluding carboxylic acids is 1. The van der Waals surface area contributed by atoms with E-state index in [4.69, 9.17) is 16.3 Å². The highest BCUT2D eigenvalue weighted by atomic mass is 35.5. The van der Waals surface area contributed by atoms with Crippen molar-refractivity contribution in [2.24, 2.45) is 5.92 Å². The molecule has 0 radical (unpaired) electrons. The Bertz CT molecular complexity index is 1050. The third kappa shape index (κ3) is 3.29. The van der Waals surface area contributed by atoms with E-state index in [-0.39, 0.29) is 28.6 Å². The number of rotatable bonds is 4. The molecular weight excluding hydrogens is 412 g/mol. The van der Waals surface area contributed by atoms with Crippen LogP contribution in [-0.2, 0) is 16.1 Å². The number of aliphatic carboxylic acids is 1. The number of benzene rings is 2. The van der Waals surface area contributed by atoms with Crippen molar-refractivity contribution in [2.45, 2.75) is 25.0 Å². The van der Waals surface area contributed by atoms with Gasteiger partial charge in [-0.2, -0.15) is 0 Å². The van der Waals surface area contributed by atoms with E-state index < -0.39 is 34.9 Å². The van der Waals surface area contributed by atoms with Crippen LogP contribution in [0.3, 0.4) is 0 Å². The van der Waals surface area contributed by atoms with Gasteiger partial charge in [-0.05, 0) is 18.1 Å². The van der Waals surface area contributed by atoms with E-state index in [0.717, 1.165) is 10.5 Å². The molecule has 8 nitrogen and oxygen atoms in total. The van der Waals surface area contributed by atoms with Crippen LogP contribution in [0.15, 0.2) is 54.6 Å². The monoisotopic (exact) mass is 428 g/mol. The quantitative estimate of drug-likeness (QED) is 0.435. The average molecular weight is 429 g/mol. The first-order valence-corrected chi connectivity index (χ1v) is 9.64. The van der Waals surface area contributed by atoms with E-state index in [1.807, 2.05) is 6.07 Å². The van der Waals surface area contributed by atoms with Crippen LogP contribution in [0.1, 0.15) is 23.5 Å². The molecule has 30 heavy (non-hydrogen) atoms. The summed E-state index contributed by atoms with van der Waals surface area (Å²) >= 11 is 6.35. The van der Waals surface area contributed by atoms with Gasteiger partial charge in [-0.25, -0.2) is 9.59 Å². The SMILES string of the molecule is O=C(O)[C@@H]1[C@@H]2CC=C[C@@H]2c2c([N+](=O)[O-])ccc(Cl)c2N1C(=O)OCc1ccccc1. The fourth-order valence-electron chi connectivity index (χ4n) is 4.23. The summed E-state index contributed by atoms with van der Waals surface area (Å²) in [5.41, 5.74) is 0.769. The first-order valence-electron chi connectivity index (χ1n) is 9.26. The topological polar surface area (TPSA) is 110 Å². The van der Waals surface area contributed by atoms with Gasteiger partial charge >= 0.3 is 12.1 Å². The average Bonchev–Trinajstić information content (AvgIpc) is 3.21. The highest BCUT2D eigenvalue weighted by Crippen LogP contribution is 2.53. The number of nitro benzene ring substituents is 1. The van der Waals surface area contributed by atoms with Crippen LogP contribution in [0.5, 0.6) is 0 Å². The molecule has 4 rings (SSSR count). The van der Waals surface area contributed by atoms with Gasteiger partial charge in [0.1, 0.15) is 12.6 Å². The number of halogens is 1. The summed E-state index contributed by atoms with van der Waals surface area (Å²) in [6, 6.07) is 10.2. The number of carboxylic acid groups (broad SMARTS) is 1. The molecule has 154 valence electrons. The summed E-state index contributed by atoms with van der Waals surface area (Å²) in [4.78, 5) is 37.3. The Morgan fingerprint density at radius 1 is 1.23 bits per heavy atom. The predicted octanol–water partition coefficient (Wildman–Crippen LogP) is 4.52. The van der Waals surface area contributed by atoms with E-state index in [1.54, 1.807) is 36.4 Å². The lowest BCUT2D eigenvalue weighted by molar-refractivity contribution is -0.385. The van der Waals surface area contributed by atoms with Gasteiger partial charge in [0.25, 0.3) is 5.69 Å². The molecule has 1 heterocycles. The number of nitro groups is 1. The van der Waals surface area contributed by atoms with Crippen molar-refractivity contribution < 1.29 is 24.4 Å². The number of nitrogens with zero attached hydrogens (tertiary/aromatic N) is 2. The third-order valence-electron chi connectivity index (χ3n) is 5.47. The van der Waals surface area contributed by atoms with Gasteiger partial charge in [-0.15, -0.1) is 0 Å². The molecule has 0 spiro atoms. The summed E-state index contributed by atoms with van der Waals surface area (Å²) in [6.45, 7) is -0.0727. The number of fused-ring (bicyclic) bond motifs is 3. The van der Waals surface area contributed by atoms with Crippen molar-refractivity contribution in [3.05, 3.63) is 80.9 Å². The number of hydrogen-bond acceptors (Lipinski definition) is 5. The molecule has 0 bridgehead atoms. The van der Waals surface area contributed by atoms with Crippen LogP contribution < -0.4 is 4.90 Å². The molecule has 2 aromatic carbocycles. The van der Waals surface area contributed by atoms with Crippen LogP contribution in [-0.4, -0.2) is 28.1 Å². The van der Waals surface area contributed by atoms with Gasteiger partial charge in [-0.3, -0.25) is 15.0 Å². The molecule has 1 aliphatic carbocycles. The Kier molecular flexibility index (Phi) is 5.17.